The summed E-state index contributed by atoms with van der Waals surface area (Å²) in [6, 6.07) is 79.1. The second-order valence-electron chi connectivity index (χ2n) is 15.6. The average molecular weight is 1280 g/mol. The van der Waals surface area contributed by atoms with Crippen molar-refractivity contribution in [3.63, 3.8) is 0 Å². The second kappa shape index (κ2) is 28.8. The average Bonchev–Trinajstić information content (AvgIpc) is 3.78. The molecule has 71 heavy (non-hydrogen) atoms. The molecule has 0 saturated carbocycles. The number of aliphatic hydroxyl groups is 1. The molecule has 0 atom stereocenters. The molecule has 5 aromatic carbocycles. The standard InChI is InChI=1S/C22H14N2.C13H12N.2C11H8N.C5H8O2.2Ir/c1-2-8-17(9-3-1)21-13-7-14-22(24-21)19-11-6-10-18(16-19)20-12-4-5-15-23-20;1-10-6-7-14-9-11-4-2-3-5-12(11)13(14)8-10;2*1-2-6-10(7-3-1)11-8-4-5-9-12-11;1-4(6)3-5(2)7;;/h1-8,10-15H;2-8H,9H2,1H3;2*1-6,8-9H;3,6H,1-2H3;;/q-2;+1;2*-1;;;+3. The van der Waals surface area contributed by atoms with Crippen LogP contribution in [0.15, 0.2) is 237 Å². The van der Waals surface area contributed by atoms with Crippen molar-refractivity contribution < 1.29 is 54.7 Å². The summed E-state index contributed by atoms with van der Waals surface area (Å²) in [6.45, 7) is 6.01. The van der Waals surface area contributed by atoms with E-state index in [1.807, 2.05) is 164 Å². The third-order valence-corrected chi connectivity index (χ3v) is 10.3. The number of hydrogen-bond acceptors (Lipinski definition) is 6. The van der Waals surface area contributed by atoms with Crippen LogP contribution in [0.25, 0.3) is 67.5 Å². The van der Waals surface area contributed by atoms with Gasteiger partial charge in [0.25, 0.3) is 0 Å². The Morgan fingerprint density at radius 1 is 0.535 bits per heavy atom. The van der Waals surface area contributed by atoms with E-state index in [2.05, 4.69) is 93.3 Å². The monoisotopic (exact) mass is 1280 g/mol. The number of aliphatic hydroxyl groups excluding tert-OH is 1. The van der Waals surface area contributed by atoms with Crippen LogP contribution in [0.4, 0.5) is 0 Å². The van der Waals surface area contributed by atoms with Gasteiger partial charge in [-0.2, -0.15) is 4.57 Å². The maximum atomic E-state index is 10.0. The Balaban J connectivity index is 0.000000174. The Labute approximate surface area is 444 Å². The molecule has 1 N–H and O–H groups in total. The minimum absolute atomic E-state index is 0. The van der Waals surface area contributed by atoms with Crippen molar-refractivity contribution in [2.45, 2.75) is 27.3 Å². The fraction of sp³-hybridized carbons (Fsp3) is 0.0645. The number of ketones is 1. The zero-order valence-electron chi connectivity index (χ0n) is 39.4. The summed E-state index contributed by atoms with van der Waals surface area (Å²) in [5.74, 6) is -0.0625. The van der Waals surface area contributed by atoms with Crippen LogP contribution >= 0.6 is 0 Å². The second-order valence-corrected chi connectivity index (χ2v) is 15.6. The van der Waals surface area contributed by atoms with E-state index in [1.54, 1.807) is 18.6 Å². The van der Waals surface area contributed by atoms with Crippen molar-refractivity contribution in [1.29, 1.82) is 0 Å². The predicted octanol–water partition coefficient (Wildman–Crippen LogP) is 13.5. The Hall–Kier alpha value is -7.64. The first-order chi connectivity index (χ1) is 33.8. The van der Waals surface area contributed by atoms with Gasteiger partial charge in [-0.1, -0.05) is 83.9 Å². The molecule has 6 heterocycles. The summed E-state index contributed by atoms with van der Waals surface area (Å²) in [5.41, 5.74) is 15.1. The van der Waals surface area contributed by atoms with Gasteiger partial charge in [-0.3, -0.25) is 9.78 Å². The minimum Gasteiger partial charge on any atom is -0.512 e. The number of hydrogen-bond donors (Lipinski definition) is 1. The SMILES string of the molecule is CC(=O)C=C(C)O.Cc1cc[n+]2c(c1)-c1ccccc1C2.[Ir+3].[Ir].[c-]1ccccc1-c1cccc(-c2[c-]c(-c3ccccn3)ccc2)n1.[c-]1ccccc1-c1ccccn1.[c-]1ccccc1-c1ccccn1. The molecule has 9 heteroatoms. The van der Waals surface area contributed by atoms with Gasteiger partial charge in [0.15, 0.2) is 18.5 Å². The molecule has 0 amide bonds. The van der Waals surface area contributed by atoms with E-state index < -0.39 is 0 Å². The van der Waals surface area contributed by atoms with Gasteiger partial charge in [-0.05, 0) is 73.4 Å². The van der Waals surface area contributed by atoms with E-state index in [0.717, 1.165) is 62.8 Å². The maximum absolute atomic E-state index is 10.0. The van der Waals surface area contributed by atoms with Crippen molar-refractivity contribution in [2.75, 3.05) is 0 Å². The minimum atomic E-state index is -0.125. The molecule has 353 valence electrons. The van der Waals surface area contributed by atoms with Crippen LogP contribution in [0.3, 0.4) is 0 Å². The Morgan fingerprint density at radius 2 is 0.958 bits per heavy atom. The Morgan fingerprint density at radius 3 is 1.42 bits per heavy atom. The first-order valence-electron chi connectivity index (χ1n) is 22.4. The molecule has 1 aliphatic heterocycles. The predicted molar refractivity (Wildman–Crippen MR) is 276 cm³/mol. The van der Waals surface area contributed by atoms with Gasteiger partial charge in [0.05, 0.1) is 11.3 Å². The molecule has 7 nitrogen and oxygen atoms in total. The van der Waals surface area contributed by atoms with Crippen LogP contribution in [0.5, 0.6) is 0 Å². The topological polar surface area (TPSA) is 92.7 Å². The van der Waals surface area contributed by atoms with Gasteiger partial charge in [0.2, 0.25) is 5.69 Å². The first kappa shape index (κ1) is 54.3. The van der Waals surface area contributed by atoms with E-state index >= 15 is 0 Å². The molecular formula is C62H50Ir2N5O2. The summed E-state index contributed by atoms with van der Waals surface area (Å²) in [5, 5.41) is 8.36. The third kappa shape index (κ3) is 16.8. The Bertz CT molecular complexity index is 2950. The molecule has 1 radical (unpaired) electrons. The van der Waals surface area contributed by atoms with Gasteiger partial charge in [0, 0.05) is 68.2 Å². The molecule has 11 rings (SSSR count). The fourth-order valence-electron chi connectivity index (χ4n) is 7.12. The molecule has 0 spiro atoms. The molecule has 0 saturated heterocycles. The summed E-state index contributed by atoms with van der Waals surface area (Å²) in [7, 11) is 0. The number of rotatable bonds is 6. The first-order valence-corrected chi connectivity index (χ1v) is 22.4. The molecule has 5 aromatic heterocycles. The van der Waals surface area contributed by atoms with Crippen LogP contribution < -0.4 is 4.57 Å². The summed E-state index contributed by atoms with van der Waals surface area (Å²) in [4.78, 5) is 27.6. The fourth-order valence-corrected chi connectivity index (χ4v) is 7.12. The number of nitrogens with zero attached hydrogens (tertiary/aromatic N) is 5. The molecule has 1 aliphatic rings. The number of fused-ring (bicyclic) bond motifs is 3. The van der Waals surface area contributed by atoms with Crippen molar-refractivity contribution in [2.24, 2.45) is 0 Å². The molecular weight excluding hydrogens is 1230 g/mol. The zero-order valence-corrected chi connectivity index (χ0v) is 44.2. The Kier molecular flexibility index (Phi) is 22.0. The molecule has 0 aliphatic carbocycles. The molecule has 0 bridgehead atoms. The van der Waals surface area contributed by atoms with Crippen molar-refractivity contribution >= 4 is 5.78 Å². The van der Waals surface area contributed by atoms with Crippen molar-refractivity contribution in [3.05, 3.63) is 272 Å². The molecule has 10 aromatic rings. The summed E-state index contributed by atoms with van der Waals surface area (Å²) >= 11 is 0. The number of pyridine rings is 5. The normalized spacial score (nSPS) is 10.4. The van der Waals surface area contributed by atoms with E-state index in [9.17, 15) is 4.79 Å². The number of carbonyl (C=O) groups excluding carboxylic acids is 1. The van der Waals surface area contributed by atoms with Crippen molar-refractivity contribution in [1.82, 2.24) is 19.9 Å². The van der Waals surface area contributed by atoms with Crippen LogP contribution in [-0.4, -0.2) is 30.8 Å². The van der Waals surface area contributed by atoms with E-state index in [4.69, 9.17) is 10.1 Å². The van der Waals surface area contributed by atoms with E-state index in [0.29, 0.717) is 0 Å². The molecule has 0 fully saturated rings. The van der Waals surface area contributed by atoms with Gasteiger partial charge < -0.3 is 20.1 Å². The van der Waals surface area contributed by atoms with Gasteiger partial charge in [0.1, 0.15) is 0 Å². The maximum Gasteiger partial charge on any atom is 3.00 e. The van der Waals surface area contributed by atoms with Crippen LogP contribution in [0.1, 0.15) is 25.0 Å². The van der Waals surface area contributed by atoms with E-state index in [-0.39, 0.29) is 51.8 Å². The van der Waals surface area contributed by atoms with Gasteiger partial charge in [-0.25, -0.2) is 0 Å². The van der Waals surface area contributed by atoms with Crippen LogP contribution in [-0.2, 0) is 51.6 Å². The largest absolute Gasteiger partial charge is 3.00 e. The number of carbonyl (C=O) groups is 1. The van der Waals surface area contributed by atoms with Gasteiger partial charge in [-0.15, -0.1) is 132 Å². The van der Waals surface area contributed by atoms with Crippen LogP contribution in [0, 0.1) is 31.2 Å². The van der Waals surface area contributed by atoms with Crippen LogP contribution in [0.2, 0.25) is 0 Å². The number of aromatic nitrogens is 5. The third-order valence-electron chi connectivity index (χ3n) is 10.3. The number of allylic oxidation sites excluding steroid dienone is 2. The smallest absolute Gasteiger partial charge is 0.512 e. The number of aryl methyl sites for hydroxylation is 1. The summed E-state index contributed by atoms with van der Waals surface area (Å²) < 4.78 is 2.30. The van der Waals surface area contributed by atoms with E-state index in [1.165, 1.54) is 42.3 Å². The number of benzene rings is 5. The summed E-state index contributed by atoms with van der Waals surface area (Å²) in [6.07, 6.45) is 8.71. The zero-order chi connectivity index (χ0) is 48.0. The van der Waals surface area contributed by atoms with Crippen molar-refractivity contribution in [3.8, 4) is 67.5 Å². The van der Waals surface area contributed by atoms with Gasteiger partial charge >= 0.3 is 20.1 Å². The molecule has 0 unspecified atom stereocenters. The quantitative estimate of drug-likeness (QED) is 0.0772.